The Morgan fingerprint density at radius 3 is 2.64 bits per heavy atom. The average molecular weight is 366 g/mol. The lowest BCUT2D eigenvalue weighted by atomic mass is 9.99. The van der Waals surface area contributed by atoms with Crippen LogP contribution < -0.4 is 10.2 Å². The summed E-state index contributed by atoms with van der Waals surface area (Å²) < 4.78 is 24.7. The predicted molar refractivity (Wildman–Crippen MR) is 96.7 cm³/mol. The summed E-state index contributed by atoms with van der Waals surface area (Å²) >= 11 is 0. The van der Waals surface area contributed by atoms with Crippen LogP contribution in [0.25, 0.3) is 0 Å². The molecule has 0 aromatic carbocycles. The molecule has 0 aliphatic carbocycles. The number of nitrogens with zero attached hydrogens (tertiary/aromatic N) is 3. The summed E-state index contributed by atoms with van der Waals surface area (Å²) in [6.45, 7) is 3.31. The molecule has 2 fully saturated rings. The van der Waals surface area contributed by atoms with Crippen molar-refractivity contribution in [2.45, 2.75) is 32.2 Å². The lowest BCUT2D eigenvalue weighted by Gasteiger charge is -2.30. The second-order valence-electron chi connectivity index (χ2n) is 6.90. The molecule has 0 saturated carbocycles. The van der Waals surface area contributed by atoms with Crippen LogP contribution in [0, 0.1) is 5.92 Å². The van der Waals surface area contributed by atoms with Crippen molar-refractivity contribution in [3.8, 4) is 0 Å². The zero-order valence-corrected chi connectivity index (χ0v) is 15.5. The van der Waals surface area contributed by atoms with Crippen LogP contribution in [0.5, 0.6) is 0 Å². The van der Waals surface area contributed by atoms with Gasteiger partial charge in [0.25, 0.3) is 0 Å². The van der Waals surface area contributed by atoms with Gasteiger partial charge in [0.2, 0.25) is 15.9 Å². The van der Waals surface area contributed by atoms with Crippen molar-refractivity contribution in [3.63, 3.8) is 0 Å². The Kier molecular flexibility index (Phi) is 5.58. The van der Waals surface area contributed by atoms with Crippen LogP contribution in [0.4, 0.5) is 5.82 Å². The molecule has 0 unspecified atom stereocenters. The minimum atomic E-state index is -3.23. The van der Waals surface area contributed by atoms with Crippen LogP contribution in [-0.2, 0) is 21.4 Å². The Hall–Kier alpha value is -1.67. The van der Waals surface area contributed by atoms with Gasteiger partial charge in [-0.25, -0.2) is 17.7 Å². The highest BCUT2D eigenvalue weighted by molar-refractivity contribution is 7.88. The van der Waals surface area contributed by atoms with Crippen LogP contribution in [0.15, 0.2) is 18.3 Å². The first-order chi connectivity index (χ1) is 11.9. The molecule has 8 heteroatoms. The molecule has 25 heavy (non-hydrogen) atoms. The molecular formula is C17H26N4O3S. The molecule has 1 aromatic rings. The standard InChI is InChI=1S/C17H26N4O3S/c1-25(23,24)21-10-4-5-15(13-21)17(22)19-12-14-6-7-16(18-11-14)20-8-2-3-9-20/h6-7,11,15H,2-5,8-10,12-13H2,1H3,(H,19,22)/t15-/m0/s1. The monoisotopic (exact) mass is 366 g/mol. The summed E-state index contributed by atoms with van der Waals surface area (Å²) in [5.74, 6) is 0.626. The highest BCUT2D eigenvalue weighted by Crippen LogP contribution is 2.20. The van der Waals surface area contributed by atoms with E-state index in [1.807, 2.05) is 12.1 Å². The molecule has 0 radical (unpaired) electrons. The SMILES string of the molecule is CS(=O)(=O)N1CCC[C@H](C(=O)NCc2ccc(N3CCCC3)nc2)C1. The van der Waals surface area contributed by atoms with Crippen LogP contribution in [0.3, 0.4) is 0 Å². The molecule has 2 aliphatic rings. The number of nitrogens with one attached hydrogen (secondary N) is 1. The van der Waals surface area contributed by atoms with E-state index in [9.17, 15) is 13.2 Å². The second kappa shape index (κ2) is 7.70. The molecule has 1 aromatic heterocycles. The molecule has 7 nitrogen and oxygen atoms in total. The Morgan fingerprint density at radius 2 is 2.00 bits per heavy atom. The third-order valence-electron chi connectivity index (χ3n) is 4.93. The Bertz CT molecular complexity index is 699. The van der Waals surface area contributed by atoms with Gasteiger partial charge in [-0.05, 0) is 37.3 Å². The average Bonchev–Trinajstić information content (AvgIpc) is 3.14. The summed E-state index contributed by atoms with van der Waals surface area (Å²) in [5.41, 5.74) is 0.951. The highest BCUT2D eigenvalue weighted by atomic mass is 32.2. The number of hydrogen-bond donors (Lipinski definition) is 1. The third kappa shape index (κ3) is 4.70. The number of rotatable bonds is 5. The number of amides is 1. The zero-order valence-electron chi connectivity index (χ0n) is 14.6. The summed E-state index contributed by atoms with van der Waals surface area (Å²) in [6.07, 6.45) is 6.87. The summed E-state index contributed by atoms with van der Waals surface area (Å²) in [7, 11) is -3.23. The quantitative estimate of drug-likeness (QED) is 0.840. The van der Waals surface area contributed by atoms with Gasteiger partial charge >= 0.3 is 0 Å². The topological polar surface area (TPSA) is 82.6 Å². The first kappa shape index (κ1) is 18.1. The van der Waals surface area contributed by atoms with E-state index in [0.717, 1.165) is 37.3 Å². The maximum Gasteiger partial charge on any atom is 0.224 e. The normalized spacial score (nSPS) is 22.1. The Labute approximate surface area is 149 Å². The highest BCUT2D eigenvalue weighted by Gasteiger charge is 2.29. The second-order valence-corrected chi connectivity index (χ2v) is 8.88. The van der Waals surface area contributed by atoms with Gasteiger partial charge < -0.3 is 10.2 Å². The minimum Gasteiger partial charge on any atom is -0.357 e. The number of sulfonamides is 1. The Morgan fingerprint density at radius 1 is 1.24 bits per heavy atom. The molecule has 1 amide bonds. The fourth-order valence-corrected chi connectivity index (χ4v) is 4.36. The molecule has 0 spiro atoms. The van der Waals surface area contributed by atoms with Crippen LogP contribution in [0.2, 0.25) is 0 Å². The molecule has 1 atom stereocenters. The Balaban J connectivity index is 1.51. The lowest BCUT2D eigenvalue weighted by Crippen LogP contribution is -2.44. The molecule has 138 valence electrons. The number of anilines is 1. The molecule has 2 saturated heterocycles. The largest absolute Gasteiger partial charge is 0.357 e. The number of piperidine rings is 1. The maximum absolute atomic E-state index is 12.4. The van der Waals surface area contributed by atoms with E-state index in [-0.39, 0.29) is 18.4 Å². The van der Waals surface area contributed by atoms with E-state index in [1.54, 1.807) is 6.20 Å². The first-order valence-corrected chi connectivity index (χ1v) is 10.7. The van der Waals surface area contributed by atoms with E-state index < -0.39 is 10.0 Å². The van der Waals surface area contributed by atoms with E-state index in [1.165, 1.54) is 23.4 Å². The van der Waals surface area contributed by atoms with Crippen LogP contribution in [0.1, 0.15) is 31.2 Å². The van der Waals surface area contributed by atoms with Gasteiger partial charge in [-0.1, -0.05) is 6.07 Å². The van der Waals surface area contributed by atoms with Gasteiger partial charge in [0.15, 0.2) is 0 Å². The van der Waals surface area contributed by atoms with Crippen molar-refractivity contribution in [2.75, 3.05) is 37.3 Å². The number of carbonyl (C=O) groups excluding carboxylic acids is 1. The van der Waals surface area contributed by atoms with Crippen molar-refractivity contribution in [3.05, 3.63) is 23.9 Å². The molecule has 0 bridgehead atoms. The zero-order chi connectivity index (χ0) is 17.9. The third-order valence-corrected chi connectivity index (χ3v) is 6.20. The van der Waals surface area contributed by atoms with E-state index in [4.69, 9.17) is 0 Å². The van der Waals surface area contributed by atoms with Gasteiger partial charge in [-0.2, -0.15) is 0 Å². The number of pyridine rings is 1. The summed E-state index contributed by atoms with van der Waals surface area (Å²) in [6, 6.07) is 3.99. The van der Waals surface area contributed by atoms with Gasteiger partial charge in [0.05, 0.1) is 12.2 Å². The molecule has 2 aliphatic heterocycles. The van der Waals surface area contributed by atoms with Gasteiger partial charge in [-0.15, -0.1) is 0 Å². The summed E-state index contributed by atoms with van der Waals surface area (Å²) in [5, 5.41) is 2.92. The van der Waals surface area contributed by atoms with Crippen molar-refractivity contribution in [1.82, 2.24) is 14.6 Å². The van der Waals surface area contributed by atoms with Crippen molar-refractivity contribution >= 4 is 21.7 Å². The van der Waals surface area contributed by atoms with E-state index >= 15 is 0 Å². The first-order valence-electron chi connectivity index (χ1n) is 8.86. The van der Waals surface area contributed by atoms with Crippen LogP contribution >= 0.6 is 0 Å². The molecule has 3 rings (SSSR count). The van der Waals surface area contributed by atoms with Crippen molar-refractivity contribution < 1.29 is 13.2 Å². The fourth-order valence-electron chi connectivity index (χ4n) is 3.45. The number of aromatic nitrogens is 1. The minimum absolute atomic E-state index is 0.0861. The maximum atomic E-state index is 12.4. The molecule has 3 heterocycles. The van der Waals surface area contributed by atoms with Gasteiger partial charge in [-0.3, -0.25) is 4.79 Å². The number of hydrogen-bond acceptors (Lipinski definition) is 5. The number of carbonyl (C=O) groups is 1. The van der Waals surface area contributed by atoms with Crippen molar-refractivity contribution in [1.29, 1.82) is 0 Å². The van der Waals surface area contributed by atoms with E-state index in [0.29, 0.717) is 13.1 Å². The van der Waals surface area contributed by atoms with Gasteiger partial charge in [0, 0.05) is 38.9 Å². The van der Waals surface area contributed by atoms with E-state index in [2.05, 4.69) is 15.2 Å². The van der Waals surface area contributed by atoms with Crippen molar-refractivity contribution in [2.24, 2.45) is 5.92 Å². The lowest BCUT2D eigenvalue weighted by molar-refractivity contribution is -0.126. The smallest absolute Gasteiger partial charge is 0.224 e. The summed E-state index contributed by atoms with van der Waals surface area (Å²) in [4.78, 5) is 19.1. The molecular weight excluding hydrogens is 340 g/mol. The fraction of sp³-hybridized carbons (Fsp3) is 0.647. The molecule has 1 N–H and O–H groups in total. The van der Waals surface area contributed by atoms with Crippen LogP contribution in [-0.4, -0.2) is 56.0 Å². The van der Waals surface area contributed by atoms with Gasteiger partial charge in [0.1, 0.15) is 5.82 Å². The predicted octanol–water partition coefficient (Wildman–Crippen LogP) is 0.970.